The van der Waals surface area contributed by atoms with Gasteiger partial charge in [0, 0.05) is 19.2 Å². The van der Waals surface area contributed by atoms with Crippen LogP contribution in [-0.2, 0) is 16.1 Å². The summed E-state index contributed by atoms with van der Waals surface area (Å²) in [6, 6.07) is 6.70. The summed E-state index contributed by atoms with van der Waals surface area (Å²) >= 11 is 0. The second-order valence-corrected chi connectivity index (χ2v) is 3.88. The van der Waals surface area contributed by atoms with Gasteiger partial charge in [0.05, 0.1) is 6.04 Å². The molecule has 0 aliphatic rings. The fourth-order valence-corrected chi connectivity index (χ4v) is 1.19. The fourth-order valence-electron chi connectivity index (χ4n) is 1.19. The summed E-state index contributed by atoms with van der Waals surface area (Å²) in [4.78, 5) is 22.0. The second kappa shape index (κ2) is 6.00. The van der Waals surface area contributed by atoms with Crippen molar-refractivity contribution in [2.24, 2.45) is 5.73 Å². The number of nitrogens with one attached hydrogen (secondary N) is 2. The molecule has 92 valence electrons. The van der Waals surface area contributed by atoms with Crippen LogP contribution in [-0.4, -0.2) is 17.9 Å². The van der Waals surface area contributed by atoms with Gasteiger partial charge in [-0.2, -0.15) is 0 Å². The molecule has 0 heterocycles. The van der Waals surface area contributed by atoms with Gasteiger partial charge in [-0.05, 0) is 24.6 Å². The predicted octanol–water partition coefficient (Wildman–Crippen LogP) is 0.608. The van der Waals surface area contributed by atoms with E-state index in [2.05, 4.69) is 10.6 Å². The Bertz CT molecular complexity index is 399. The fraction of sp³-hybridized carbons (Fsp3) is 0.333. The lowest BCUT2D eigenvalue weighted by Crippen LogP contribution is -2.32. The molecule has 0 saturated carbocycles. The van der Waals surface area contributed by atoms with Gasteiger partial charge < -0.3 is 16.4 Å². The number of benzene rings is 1. The minimum Gasteiger partial charge on any atom is -0.352 e. The van der Waals surface area contributed by atoms with E-state index in [4.69, 9.17) is 5.73 Å². The summed E-state index contributed by atoms with van der Waals surface area (Å²) in [5.74, 6) is -0.293. The van der Waals surface area contributed by atoms with Crippen LogP contribution in [0.25, 0.3) is 0 Å². The largest absolute Gasteiger partial charge is 0.352 e. The van der Waals surface area contributed by atoms with Crippen molar-refractivity contribution < 1.29 is 9.59 Å². The van der Waals surface area contributed by atoms with Crippen LogP contribution in [0.15, 0.2) is 24.3 Å². The Morgan fingerprint density at radius 3 is 2.35 bits per heavy atom. The van der Waals surface area contributed by atoms with Gasteiger partial charge in [-0.3, -0.25) is 9.59 Å². The minimum atomic E-state index is -0.533. The van der Waals surface area contributed by atoms with Gasteiger partial charge in [-0.1, -0.05) is 12.1 Å². The first-order valence-electron chi connectivity index (χ1n) is 5.39. The molecule has 0 aromatic heterocycles. The Kier molecular flexibility index (Phi) is 4.66. The van der Waals surface area contributed by atoms with Crippen LogP contribution in [0, 0.1) is 0 Å². The van der Waals surface area contributed by atoms with Crippen LogP contribution < -0.4 is 16.4 Å². The highest BCUT2D eigenvalue weighted by atomic mass is 16.2. The second-order valence-electron chi connectivity index (χ2n) is 3.88. The molecule has 0 unspecified atom stereocenters. The maximum absolute atomic E-state index is 11.3. The molecule has 0 aliphatic carbocycles. The molecule has 0 spiro atoms. The summed E-state index contributed by atoms with van der Waals surface area (Å²) in [6.07, 6.45) is 0. The Morgan fingerprint density at radius 2 is 1.88 bits per heavy atom. The van der Waals surface area contributed by atoms with E-state index < -0.39 is 6.04 Å². The first kappa shape index (κ1) is 13.2. The molecule has 5 nitrogen and oxygen atoms in total. The molecule has 0 saturated heterocycles. The quantitative estimate of drug-likeness (QED) is 0.714. The predicted molar refractivity (Wildman–Crippen MR) is 66.2 cm³/mol. The highest BCUT2D eigenvalue weighted by Crippen LogP contribution is 2.09. The van der Waals surface area contributed by atoms with Gasteiger partial charge in [0.2, 0.25) is 11.8 Å². The monoisotopic (exact) mass is 235 g/mol. The maximum atomic E-state index is 11.3. The van der Waals surface area contributed by atoms with Gasteiger partial charge in [0.25, 0.3) is 0 Å². The zero-order valence-electron chi connectivity index (χ0n) is 9.99. The molecule has 0 aliphatic heterocycles. The molecule has 1 atom stereocenters. The molecule has 5 heteroatoms. The van der Waals surface area contributed by atoms with Gasteiger partial charge in [0.15, 0.2) is 0 Å². The molecule has 0 radical (unpaired) electrons. The Hall–Kier alpha value is -1.88. The summed E-state index contributed by atoms with van der Waals surface area (Å²) in [5, 5.41) is 5.38. The molecular formula is C12H17N3O2. The zero-order valence-corrected chi connectivity index (χ0v) is 9.99. The number of carbonyl (C=O) groups excluding carboxylic acids is 2. The lowest BCUT2D eigenvalue weighted by Gasteiger charge is -2.08. The van der Waals surface area contributed by atoms with Crippen molar-refractivity contribution >= 4 is 17.5 Å². The van der Waals surface area contributed by atoms with Gasteiger partial charge >= 0.3 is 0 Å². The summed E-state index contributed by atoms with van der Waals surface area (Å²) in [7, 11) is 0. The number of carbonyl (C=O) groups is 2. The van der Waals surface area contributed by atoms with Crippen molar-refractivity contribution in [3.05, 3.63) is 29.8 Å². The number of rotatable bonds is 4. The van der Waals surface area contributed by atoms with Crippen molar-refractivity contribution in [1.82, 2.24) is 5.32 Å². The molecule has 1 aromatic rings. The summed E-state index contributed by atoms with van der Waals surface area (Å²) in [5.41, 5.74) is 7.10. The lowest BCUT2D eigenvalue weighted by atomic mass is 10.2. The van der Waals surface area contributed by atoms with Crippen molar-refractivity contribution in [3.63, 3.8) is 0 Å². The number of nitrogens with two attached hydrogens (primary N) is 1. The van der Waals surface area contributed by atoms with Crippen LogP contribution in [0.2, 0.25) is 0 Å². The van der Waals surface area contributed by atoms with Crippen molar-refractivity contribution in [3.8, 4) is 0 Å². The van der Waals surface area contributed by atoms with E-state index in [1.807, 2.05) is 12.1 Å². The molecule has 4 N–H and O–H groups in total. The molecule has 0 fully saturated rings. The molecule has 1 rings (SSSR count). The number of anilines is 1. The van der Waals surface area contributed by atoms with Crippen molar-refractivity contribution in [2.45, 2.75) is 26.4 Å². The average molecular weight is 235 g/mol. The summed E-state index contributed by atoms with van der Waals surface area (Å²) in [6.45, 7) is 3.58. The molecule has 0 bridgehead atoms. The third kappa shape index (κ3) is 4.65. The smallest absolute Gasteiger partial charge is 0.240 e. The van der Waals surface area contributed by atoms with Crippen LogP contribution in [0.3, 0.4) is 0 Å². The van der Waals surface area contributed by atoms with E-state index in [-0.39, 0.29) is 11.8 Å². The normalized spacial score (nSPS) is 11.7. The van der Waals surface area contributed by atoms with E-state index in [1.54, 1.807) is 19.1 Å². The van der Waals surface area contributed by atoms with Crippen LogP contribution in [0.4, 0.5) is 5.69 Å². The molecule has 2 amide bonds. The standard InChI is InChI=1S/C12H17N3O2/c1-8(13)12(17)15-11-5-3-10(4-6-11)7-14-9(2)16/h3-6,8H,7,13H2,1-2H3,(H,14,16)(H,15,17)/t8-/m1/s1. The Morgan fingerprint density at radius 1 is 1.29 bits per heavy atom. The van der Waals surface area contributed by atoms with E-state index in [1.165, 1.54) is 6.92 Å². The number of hydrogen-bond acceptors (Lipinski definition) is 3. The number of amides is 2. The van der Waals surface area contributed by atoms with Gasteiger partial charge in [-0.25, -0.2) is 0 Å². The zero-order chi connectivity index (χ0) is 12.8. The Labute approximate surface area is 100 Å². The van der Waals surface area contributed by atoms with E-state index in [0.29, 0.717) is 12.2 Å². The topological polar surface area (TPSA) is 84.2 Å². The van der Waals surface area contributed by atoms with E-state index in [9.17, 15) is 9.59 Å². The van der Waals surface area contributed by atoms with Gasteiger partial charge in [-0.15, -0.1) is 0 Å². The maximum Gasteiger partial charge on any atom is 0.240 e. The van der Waals surface area contributed by atoms with E-state index >= 15 is 0 Å². The van der Waals surface area contributed by atoms with Crippen LogP contribution in [0.5, 0.6) is 0 Å². The minimum absolute atomic E-state index is 0.0701. The number of hydrogen-bond donors (Lipinski definition) is 3. The average Bonchev–Trinajstić information content (AvgIpc) is 2.28. The van der Waals surface area contributed by atoms with E-state index in [0.717, 1.165) is 5.56 Å². The van der Waals surface area contributed by atoms with Crippen molar-refractivity contribution in [1.29, 1.82) is 0 Å². The van der Waals surface area contributed by atoms with Crippen molar-refractivity contribution in [2.75, 3.05) is 5.32 Å². The third-order valence-electron chi connectivity index (χ3n) is 2.18. The molecule has 17 heavy (non-hydrogen) atoms. The lowest BCUT2D eigenvalue weighted by molar-refractivity contribution is -0.119. The first-order valence-corrected chi connectivity index (χ1v) is 5.39. The molecular weight excluding hydrogens is 218 g/mol. The third-order valence-corrected chi connectivity index (χ3v) is 2.18. The van der Waals surface area contributed by atoms with Crippen LogP contribution >= 0.6 is 0 Å². The van der Waals surface area contributed by atoms with Gasteiger partial charge in [0.1, 0.15) is 0 Å². The SMILES string of the molecule is CC(=O)NCc1ccc(NC(=O)[C@@H](C)N)cc1. The highest BCUT2D eigenvalue weighted by Gasteiger charge is 2.06. The summed E-state index contributed by atoms with van der Waals surface area (Å²) < 4.78 is 0. The Balaban J connectivity index is 2.56. The highest BCUT2D eigenvalue weighted by molar-refractivity contribution is 5.94. The first-order chi connectivity index (χ1) is 7.99. The van der Waals surface area contributed by atoms with Crippen LogP contribution in [0.1, 0.15) is 19.4 Å². The molecule has 1 aromatic carbocycles.